The largest absolute Gasteiger partial charge is 0.510 e. The molecule has 0 spiro atoms. The standard InChI is InChI=1S/C18H32O6/c1-9(2)7-12(19)14(20)15(21)16(22)18(23)13(8-10(3)4)24-17(18)11(5)6/h7-11,14-17,19-23H,1-6H3/t14-,15-,16+,17?,18+/m1/s1. The molecule has 0 radical (unpaired) electrons. The molecule has 5 atom stereocenters. The fourth-order valence-corrected chi connectivity index (χ4v) is 2.89. The van der Waals surface area contributed by atoms with Crippen LogP contribution in [0.4, 0.5) is 0 Å². The van der Waals surface area contributed by atoms with Gasteiger partial charge in [-0.05, 0) is 29.9 Å². The highest BCUT2D eigenvalue weighted by Gasteiger charge is 2.61. The average Bonchev–Trinajstić information content (AvgIpc) is 2.46. The first-order valence-electron chi connectivity index (χ1n) is 8.49. The van der Waals surface area contributed by atoms with Gasteiger partial charge in [0.1, 0.15) is 35.9 Å². The van der Waals surface area contributed by atoms with Crippen molar-refractivity contribution in [2.45, 2.75) is 71.6 Å². The maximum atomic E-state index is 11.0. The predicted molar refractivity (Wildman–Crippen MR) is 91.2 cm³/mol. The summed E-state index contributed by atoms with van der Waals surface area (Å²) in [6.45, 7) is 11.1. The van der Waals surface area contributed by atoms with Crippen molar-refractivity contribution < 1.29 is 30.3 Å². The van der Waals surface area contributed by atoms with Crippen molar-refractivity contribution in [2.75, 3.05) is 0 Å². The third kappa shape index (κ3) is 4.11. The van der Waals surface area contributed by atoms with Crippen LogP contribution in [0.1, 0.15) is 41.5 Å². The van der Waals surface area contributed by atoms with Gasteiger partial charge in [-0.25, -0.2) is 0 Å². The minimum absolute atomic E-state index is 0.0427. The SMILES string of the molecule is CC(C)C=C(O)[C@@H](O)[C@@H](O)[C@H](O)[C@@]1(O)C(=CC(C)C)OC1C(C)C. The summed E-state index contributed by atoms with van der Waals surface area (Å²) in [7, 11) is 0. The molecule has 1 heterocycles. The number of hydrogen-bond donors (Lipinski definition) is 5. The van der Waals surface area contributed by atoms with Gasteiger partial charge in [-0.2, -0.15) is 0 Å². The molecule has 0 aliphatic carbocycles. The van der Waals surface area contributed by atoms with Gasteiger partial charge >= 0.3 is 0 Å². The highest BCUT2D eigenvalue weighted by Crippen LogP contribution is 2.45. The van der Waals surface area contributed by atoms with Crippen LogP contribution < -0.4 is 0 Å². The fraction of sp³-hybridized carbons (Fsp3) is 0.778. The summed E-state index contributed by atoms with van der Waals surface area (Å²) in [5.74, 6) is -0.335. The Morgan fingerprint density at radius 1 is 1.04 bits per heavy atom. The molecule has 1 aliphatic rings. The fourth-order valence-electron chi connectivity index (χ4n) is 2.89. The predicted octanol–water partition coefficient (Wildman–Crippen LogP) is 1.49. The maximum absolute atomic E-state index is 11.0. The van der Waals surface area contributed by atoms with E-state index in [1.54, 1.807) is 19.9 Å². The van der Waals surface area contributed by atoms with Crippen LogP contribution in [0.15, 0.2) is 23.7 Å². The molecular weight excluding hydrogens is 312 g/mol. The van der Waals surface area contributed by atoms with Crippen LogP contribution in [0.5, 0.6) is 0 Å². The lowest BCUT2D eigenvalue weighted by Gasteiger charge is -2.53. The normalized spacial score (nSPS) is 30.5. The number of aliphatic hydroxyl groups is 5. The Morgan fingerprint density at radius 2 is 1.58 bits per heavy atom. The molecule has 1 aliphatic heterocycles. The zero-order valence-electron chi connectivity index (χ0n) is 15.3. The van der Waals surface area contributed by atoms with E-state index in [1.165, 1.54) is 6.08 Å². The quantitative estimate of drug-likeness (QED) is 0.448. The summed E-state index contributed by atoms with van der Waals surface area (Å²) in [4.78, 5) is 0. The first-order chi connectivity index (χ1) is 10.9. The summed E-state index contributed by atoms with van der Waals surface area (Å²) in [5, 5.41) is 51.7. The van der Waals surface area contributed by atoms with Gasteiger partial charge in [0.05, 0.1) is 0 Å². The van der Waals surface area contributed by atoms with Gasteiger partial charge in [0, 0.05) is 0 Å². The molecule has 0 aromatic rings. The van der Waals surface area contributed by atoms with E-state index in [-0.39, 0.29) is 23.5 Å². The van der Waals surface area contributed by atoms with Crippen molar-refractivity contribution in [3.63, 3.8) is 0 Å². The molecule has 1 unspecified atom stereocenters. The smallest absolute Gasteiger partial charge is 0.187 e. The molecule has 6 nitrogen and oxygen atoms in total. The molecule has 5 N–H and O–H groups in total. The molecule has 0 aromatic carbocycles. The molecule has 6 heteroatoms. The molecule has 0 bridgehead atoms. The van der Waals surface area contributed by atoms with E-state index < -0.39 is 35.8 Å². The van der Waals surface area contributed by atoms with Crippen LogP contribution in [0.3, 0.4) is 0 Å². The lowest BCUT2D eigenvalue weighted by atomic mass is 9.74. The number of aliphatic hydroxyl groups excluding tert-OH is 4. The van der Waals surface area contributed by atoms with Gasteiger partial charge in [-0.1, -0.05) is 41.5 Å². The van der Waals surface area contributed by atoms with E-state index in [4.69, 9.17) is 4.74 Å². The Kier molecular flexibility index (Phi) is 6.87. The minimum Gasteiger partial charge on any atom is -0.510 e. The second-order valence-corrected chi connectivity index (χ2v) is 7.60. The summed E-state index contributed by atoms with van der Waals surface area (Å²) >= 11 is 0. The number of rotatable bonds is 7. The summed E-state index contributed by atoms with van der Waals surface area (Å²) in [5.41, 5.74) is -1.81. The Labute approximate surface area is 144 Å². The van der Waals surface area contributed by atoms with Crippen molar-refractivity contribution in [2.24, 2.45) is 17.8 Å². The second kappa shape index (κ2) is 7.87. The van der Waals surface area contributed by atoms with E-state index in [9.17, 15) is 25.5 Å². The van der Waals surface area contributed by atoms with Crippen molar-refractivity contribution >= 4 is 0 Å². The van der Waals surface area contributed by atoms with E-state index in [0.717, 1.165) is 0 Å². The van der Waals surface area contributed by atoms with Crippen LogP contribution in [-0.2, 0) is 4.74 Å². The van der Waals surface area contributed by atoms with Crippen LogP contribution in [0.25, 0.3) is 0 Å². The van der Waals surface area contributed by atoms with Crippen LogP contribution in [-0.4, -0.2) is 55.5 Å². The third-order valence-corrected chi connectivity index (χ3v) is 4.08. The topological polar surface area (TPSA) is 110 Å². The van der Waals surface area contributed by atoms with Gasteiger partial charge < -0.3 is 30.3 Å². The van der Waals surface area contributed by atoms with Gasteiger partial charge in [0.15, 0.2) is 5.60 Å². The Hall–Kier alpha value is -1.08. The van der Waals surface area contributed by atoms with Crippen LogP contribution in [0.2, 0.25) is 0 Å². The van der Waals surface area contributed by atoms with Crippen molar-refractivity contribution in [3.05, 3.63) is 23.7 Å². The van der Waals surface area contributed by atoms with Gasteiger partial charge in [0.25, 0.3) is 0 Å². The zero-order valence-corrected chi connectivity index (χ0v) is 15.3. The monoisotopic (exact) mass is 344 g/mol. The van der Waals surface area contributed by atoms with Crippen LogP contribution in [0, 0.1) is 17.8 Å². The number of ether oxygens (including phenoxy) is 1. The molecule has 1 saturated heterocycles. The van der Waals surface area contributed by atoms with E-state index in [0.29, 0.717) is 0 Å². The van der Waals surface area contributed by atoms with Gasteiger partial charge in [-0.15, -0.1) is 0 Å². The molecule has 1 rings (SSSR count). The Morgan fingerprint density at radius 3 is 2.00 bits per heavy atom. The van der Waals surface area contributed by atoms with Crippen molar-refractivity contribution in [3.8, 4) is 0 Å². The van der Waals surface area contributed by atoms with E-state index in [2.05, 4.69) is 0 Å². The molecule has 0 amide bonds. The Bertz CT molecular complexity index is 482. The van der Waals surface area contributed by atoms with E-state index >= 15 is 0 Å². The first kappa shape index (κ1) is 21.0. The van der Waals surface area contributed by atoms with Crippen molar-refractivity contribution in [1.29, 1.82) is 0 Å². The molecule has 140 valence electrons. The lowest BCUT2D eigenvalue weighted by Crippen LogP contribution is -2.69. The van der Waals surface area contributed by atoms with Gasteiger partial charge in [0.2, 0.25) is 0 Å². The second-order valence-electron chi connectivity index (χ2n) is 7.60. The Balaban J connectivity index is 3.09. The summed E-state index contributed by atoms with van der Waals surface area (Å²) in [6.07, 6.45) is -2.82. The lowest BCUT2D eigenvalue weighted by molar-refractivity contribution is -0.263. The first-order valence-corrected chi connectivity index (χ1v) is 8.49. The molecule has 1 fully saturated rings. The highest BCUT2D eigenvalue weighted by atomic mass is 16.6. The van der Waals surface area contributed by atoms with Crippen LogP contribution >= 0.6 is 0 Å². The molecule has 0 aromatic heterocycles. The number of allylic oxidation sites excluding steroid dienone is 2. The molecule has 24 heavy (non-hydrogen) atoms. The van der Waals surface area contributed by atoms with E-state index in [1.807, 2.05) is 27.7 Å². The van der Waals surface area contributed by atoms with Crippen molar-refractivity contribution in [1.82, 2.24) is 0 Å². The van der Waals surface area contributed by atoms with Gasteiger partial charge in [-0.3, -0.25) is 0 Å². The average molecular weight is 344 g/mol. The molecule has 0 saturated carbocycles. The maximum Gasteiger partial charge on any atom is 0.187 e. The number of hydrogen-bond acceptors (Lipinski definition) is 6. The summed E-state index contributed by atoms with van der Waals surface area (Å²) < 4.78 is 5.58. The zero-order chi connectivity index (χ0) is 18.8. The third-order valence-electron chi connectivity index (χ3n) is 4.08. The summed E-state index contributed by atoms with van der Waals surface area (Å²) in [6, 6.07) is 0. The highest BCUT2D eigenvalue weighted by molar-refractivity contribution is 5.28. The molecular formula is C18H32O6. The minimum atomic E-state index is -1.81.